The molecule has 31 heavy (non-hydrogen) atoms. The highest BCUT2D eigenvalue weighted by molar-refractivity contribution is 6.46. The summed E-state index contributed by atoms with van der Waals surface area (Å²) in [6.45, 7) is 7.91. The van der Waals surface area contributed by atoms with Crippen LogP contribution in [0.2, 0.25) is 0 Å². The second-order valence-corrected chi connectivity index (χ2v) is 7.89. The lowest BCUT2D eigenvalue weighted by molar-refractivity contribution is -0.140. The lowest BCUT2D eigenvalue weighted by atomic mass is 9.95. The summed E-state index contributed by atoms with van der Waals surface area (Å²) < 4.78 is 5.38. The number of carbonyl (C=O) groups excluding carboxylic acids is 2. The first kappa shape index (κ1) is 21.2. The molecule has 0 spiro atoms. The summed E-state index contributed by atoms with van der Waals surface area (Å²) in [6.07, 6.45) is 3.97. The number of amides is 1. The maximum Gasteiger partial charge on any atom is 0.295 e. The zero-order chi connectivity index (χ0) is 22.0. The molecule has 0 unspecified atom stereocenters. The topological polar surface area (TPSA) is 112 Å². The molecule has 4 rings (SSSR count). The van der Waals surface area contributed by atoms with Crippen molar-refractivity contribution in [2.75, 3.05) is 39.4 Å². The van der Waals surface area contributed by atoms with Crippen LogP contribution in [0, 0.1) is 13.8 Å². The lowest BCUT2D eigenvalue weighted by Gasteiger charge is -2.29. The van der Waals surface area contributed by atoms with Crippen LogP contribution in [0.5, 0.6) is 0 Å². The zero-order valence-electron chi connectivity index (χ0n) is 17.8. The fourth-order valence-electron chi connectivity index (χ4n) is 4.33. The molecule has 2 aromatic rings. The van der Waals surface area contributed by atoms with Gasteiger partial charge >= 0.3 is 0 Å². The van der Waals surface area contributed by atoms with Crippen molar-refractivity contribution in [3.8, 4) is 0 Å². The summed E-state index contributed by atoms with van der Waals surface area (Å²) in [5.74, 6) is -1.46. The number of carbonyl (C=O) groups is 2. The van der Waals surface area contributed by atoms with E-state index < -0.39 is 17.7 Å². The molecule has 0 aromatic carbocycles. The van der Waals surface area contributed by atoms with Crippen molar-refractivity contribution in [2.24, 2.45) is 0 Å². The number of pyridine rings is 1. The molecular formula is C22H27N5O4. The molecule has 2 fully saturated rings. The Kier molecular flexibility index (Phi) is 6.15. The number of hydrogen-bond acceptors (Lipinski definition) is 7. The Morgan fingerprint density at radius 1 is 1.19 bits per heavy atom. The van der Waals surface area contributed by atoms with Gasteiger partial charge in [0.1, 0.15) is 5.76 Å². The summed E-state index contributed by atoms with van der Waals surface area (Å²) in [4.78, 5) is 33.9. The van der Waals surface area contributed by atoms with Gasteiger partial charge in [-0.25, -0.2) is 0 Å². The summed E-state index contributed by atoms with van der Waals surface area (Å²) in [6, 6.07) is 2.88. The van der Waals surface area contributed by atoms with Crippen molar-refractivity contribution in [2.45, 2.75) is 26.3 Å². The minimum absolute atomic E-state index is 0.0928. The Morgan fingerprint density at radius 2 is 1.90 bits per heavy atom. The summed E-state index contributed by atoms with van der Waals surface area (Å²) in [5, 5.41) is 18.1. The van der Waals surface area contributed by atoms with E-state index in [9.17, 15) is 14.7 Å². The third kappa shape index (κ3) is 4.11. The quantitative estimate of drug-likeness (QED) is 0.410. The summed E-state index contributed by atoms with van der Waals surface area (Å²) in [5.41, 5.74) is 2.51. The number of nitrogens with one attached hydrogen (secondary N) is 1. The van der Waals surface area contributed by atoms with E-state index in [-0.39, 0.29) is 11.3 Å². The normalized spacial score (nSPS) is 21.7. The van der Waals surface area contributed by atoms with Crippen LogP contribution < -0.4 is 0 Å². The summed E-state index contributed by atoms with van der Waals surface area (Å²) >= 11 is 0. The van der Waals surface area contributed by atoms with Crippen molar-refractivity contribution in [1.82, 2.24) is 25.0 Å². The monoisotopic (exact) mass is 425 g/mol. The number of aromatic nitrogens is 3. The molecule has 164 valence electrons. The first-order valence-corrected chi connectivity index (χ1v) is 10.5. The number of rotatable bonds is 6. The zero-order valence-corrected chi connectivity index (χ0v) is 17.8. The molecule has 2 N–H and O–H groups in total. The van der Waals surface area contributed by atoms with Crippen LogP contribution in [-0.4, -0.2) is 81.2 Å². The number of morpholine rings is 1. The molecule has 1 atom stereocenters. The first-order valence-electron chi connectivity index (χ1n) is 10.5. The fourth-order valence-corrected chi connectivity index (χ4v) is 4.33. The molecule has 0 aliphatic carbocycles. The highest BCUT2D eigenvalue weighted by Crippen LogP contribution is 2.40. The molecule has 2 aliphatic heterocycles. The predicted octanol–water partition coefficient (Wildman–Crippen LogP) is 1.57. The van der Waals surface area contributed by atoms with Crippen LogP contribution in [0.3, 0.4) is 0 Å². The molecule has 1 amide bonds. The number of ether oxygens (including phenoxy) is 1. The largest absolute Gasteiger partial charge is 0.507 e. The number of H-pyrrole nitrogens is 1. The van der Waals surface area contributed by atoms with E-state index in [4.69, 9.17) is 4.74 Å². The van der Waals surface area contributed by atoms with Crippen molar-refractivity contribution in [1.29, 1.82) is 0 Å². The van der Waals surface area contributed by atoms with Gasteiger partial charge in [0.05, 0.1) is 36.1 Å². The minimum Gasteiger partial charge on any atom is -0.507 e. The Labute approximate surface area is 180 Å². The van der Waals surface area contributed by atoms with Crippen LogP contribution >= 0.6 is 0 Å². The molecule has 4 heterocycles. The number of aromatic amines is 1. The van der Waals surface area contributed by atoms with Gasteiger partial charge in [0.2, 0.25) is 0 Å². The van der Waals surface area contributed by atoms with E-state index >= 15 is 0 Å². The van der Waals surface area contributed by atoms with E-state index in [1.54, 1.807) is 43.3 Å². The number of aryl methyl sites for hydroxylation is 2. The van der Waals surface area contributed by atoms with E-state index in [0.717, 1.165) is 31.6 Å². The number of likely N-dealkylation sites (tertiary alicyclic amines) is 1. The van der Waals surface area contributed by atoms with Gasteiger partial charge in [0.15, 0.2) is 0 Å². The van der Waals surface area contributed by atoms with Gasteiger partial charge in [-0.2, -0.15) is 5.10 Å². The Bertz CT molecular complexity index is 975. The van der Waals surface area contributed by atoms with E-state index in [1.807, 2.05) is 0 Å². The van der Waals surface area contributed by atoms with Crippen LogP contribution in [0.4, 0.5) is 0 Å². The van der Waals surface area contributed by atoms with Crippen LogP contribution in [0.1, 0.15) is 35.0 Å². The van der Waals surface area contributed by atoms with Crippen LogP contribution in [0.25, 0.3) is 5.76 Å². The van der Waals surface area contributed by atoms with Crippen molar-refractivity contribution >= 4 is 17.4 Å². The number of nitrogens with zero attached hydrogens (tertiary/aromatic N) is 4. The molecule has 9 nitrogen and oxygen atoms in total. The maximum atomic E-state index is 13.0. The summed E-state index contributed by atoms with van der Waals surface area (Å²) in [7, 11) is 0. The number of Topliss-reactive ketones (excluding diaryl/α,β-unsaturated/α-hetero) is 1. The number of aliphatic hydroxyl groups excluding tert-OH is 1. The number of hydrogen-bond donors (Lipinski definition) is 2. The second kappa shape index (κ2) is 8.99. The van der Waals surface area contributed by atoms with Crippen molar-refractivity contribution in [3.63, 3.8) is 0 Å². The molecule has 0 saturated carbocycles. The average Bonchev–Trinajstić information content (AvgIpc) is 3.25. The first-order chi connectivity index (χ1) is 15.0. The van der Waals surface area contributed by atoms with Gasteiger partial charge in [-0.15, -0.1) is 0 Å². The Balaban J connectivity index is 1.67. The smallest absolute Gasteiger partial charge is 0.295 e. The third-order valence-corrected chi connectivity index (χ3v) is 5.90. The highest BCUT2D eigenvalue weighted by Gasteiger charge is 2.46. The maximum absolute atomic E-state index is 13.0. The van der Waals surface area contributed by atoms with Gasteiger partial charge in [-0.3, -0.25) is 24.6 Å². The molecule has 9 heteroatoms. The predicted molar refractivity (Wildman–Crippen MR) is 113 cm³/mol. The standard InChI is InChI=1S/C22H27N5O4/c1-14-17(15(2)25-24-14)20(28)18-19(16-4-6-23-7-5-16)27(22(30)21(18)29)9-3-8-26-10-12-31-13-11-26/h4-7,19,28H,3,8-13H2,1-2H3,(H,24,25)/b20-18+/t19-/m1/s1. The van der Waals surface area contributed by atoms with E-state index in [2.05, 4.69) is 20.1 Å². The van der Waals surface area contributed by atoms with Gasteiger partial charge in [-0.05, 0) is 38.0 Å². The highest BCUT2D eigenvalue weighted by atomic mass is 16.5. The Morgan fingerprint density at radius 3 is 2.55 bits per heavy atom. The number of ketones is 1. The second-order valence-electron chi connectivity index (χ2n) is 7.89. The van der Waals surface area contributed by atoms with Gasteiger partial charge in [0, 0.05) is 44.3 Å². The SMILES string of the molecule is Cc1n[nH]c(C)c1/C(O)=C1\C(=O)C(=O)N(CCCN2CCOCC2)[C@@H]1c1ccncc1. The average molecular weight is 425 g/mol. The fraction of sp³-hybridized carbons (Fsp3) is 0.455. The molecule has 2 aromatic heterocycles. The van der Waals surface area contributed by atoms with Gasteiger partial charge in [0.25, 0.3) is 11.7 Å². The molecule has 0 radical (unpaired) electrons. The molecule has 0 bridgehead atoms. The van der Waals surface area contributed by atoms with E-state index in [0.29, 0.717) is 36.7 Å². The number of aliphatic hydroxyl groups is 1. The van der Waals surface area contributed by atoms with Gasteiger partial charge in [-0.1, -0.05) is 0 Å². The van der Waals surface area contributed by atoms with E-state index in [1.165, 1.54) is 0 Å². The molecule has 2 aliphatic rings. The third-order valence-electron chi connectivity index (χ3n) is 5.90. The lowest BCUT2D eigenvalue weighted by Crippen LogP contribution is -2.38. The minimum atomic E-state index is -0.675. The molecule has 2 saturated heterocycles. The Hall–Kier alpha value is -3.04. The molecular weight excluding hydrogens is 398 g/mol. The van der Waals surface area contributed by atoms with Crippen molar-refractivity contribution < 1.29 is 19.4 Å². The van der Waals surface area contributed by atoms with Crippen LogP contribution in [-0.2, 0) is 14.3 Å². The van der Waals surface area contributed by atoms with Crippen molar-refractivity contribution in [3.05, 3.63) is 52.6 Å². The van der Waals surface area contributed by atoms with Crippen LogP contribution in [0.15, 0.2) is 30.1 Å². The van der Waals surface area contributed by atoms with Gasteiger partial charge < -0.3 is 14.7 Å².